The van der Waals surface area contributed by atoms with E-state index >= 15 is 0 Å². The van der Waals surface area contributed by atoms with Gasteiger partial charge in [-0.3, -0.25) is 0 Å². The third kappa shape index (κ3) is 2.09. The number of rotatable bonds is 3. The SMILES string of the molecule is N#CCc1nc(CC2CCOC2)no1. The molecule has 14 heavy (non-hydrogen) atoms. The fraction of sp³-hybridized carbons (Fsp3) is 0.667. The molecule has 1 atom stereocenters. The Bertz CT molecular complexity index is 336. The van der Waals surface area contributed by atoms with Crippen molar-refractivity contribution in [3.8, 4) is 6.07 Å². The molecule has 5 nitrogen and oxygen atoms in total. The largest absolute Gasteiger partial charge is 0.381 e. The molecule has 74 valence electrons. The first kappa shape index (κ1) is 9.16. The number of hydrogen-bond acceptors (Lipinski definition) is 5. The molecule has 0 bridgehead atoms. The topological polar surface area (TPSA) is 71.9 Å². The lowest BCUT2D eigenvalue weighted by molar-refractivity contribution is 0.185. The van der Waals surface area contributed by atoms with Crippen molar-refractivity contribution in [2.45, 2.75) is 19.3 Å². The Kier molecular flexibility index (Phi) is 2.75. The summed E-state index contributed by atoms with van der Waals surface area (Å²) in [5.41, 5.74) is 0. The van der Waals surface area contributed by atoms with Crippen LogP contribution in [0.15, 0.2) is 4.52 Å². The normalized spacial score (nSPS) is 20.9. The van der Waals surface area contributed by atoms with E-state index in [9.17, 15) is 0 Å². The minimum absolute atomic E-state index is 0.189. The van der Waals surface area contributed by atoms with Gasteiger partial charge >= 0.3 is 0 Å². The molecule has 2 heterocycles. The molecule has 0 aliphatic carbocycles. The van der Waals surface area contributed by atoms with Crippen LogP contribution < -0.4 is 0 Å². The summed E-state index contributed by atoms with van der Waals surface area (Å²) < 4.78 is 10.1. The summed E-state index contributed by atoms with van der Waals surface area (Å²) in [5.74, 6) is 1.59. The van der Waals surface area contributed by atoms with Crippen LogP contribution in [0, 0.1) is 17.2 Å². The summed E-state index contributed by atoms with van der Waals surface area (Å²) in [5, 5.41) is 12.2. The van der Waals surface area contributed by atoms with Crippen molar-refractivity contribution in [3.05, 3.63) is 11.7 Å². The number of aromatic nitrogens is 2. The number of hydrogen-bond donors (Lipinski definition) is 0. The number of nitrogens with zero attached hydrogens (tertiary/aromatic N) is 3. The van der Waals surface area contributed by atoms with Crippen molar-refractivity contribution in [1.29, 1.82) is 5.26 Å². The maximum atomic E-state index is 8.42. The molecule has 0 spiro atoms. The molecule has 1 aliphatic heterocycles. The van der Waals surface area contributed by atoms with Crippen LogP contribution in [0.4, 0.5) is 0 Å². The molecule has 0 saturated carbocycles. The van der Waals surface area contributed by atoms with Crippen LogP contribution in [0.1, 0.15) is 18.1 Å². The second-order valence-electron chi connectivity index (χ2n) is 3.37. The Morgan fingerprint density at radius 2 is 2.50 bits per heavy atom. The van der Waals surface area contributed by atoms with E-state index in [2.05, 4.69) is 10.1 Å². The van der Waals surface area contributed by atoms with Crippen molar-refractivity contribution in [3.63, 3.8) is 0 Å². The molecule has 0 N–H and O–H groups in total. The maximum absolute atomic E-state index is 8.42. The van der Waals surface area contributed by atoms with Gasteiger partial charge in [-0.1, -0.05) is 5.16 Å². The highest BCUT2D eigenvalue weighted by Crippen LogP contribution is 2.16. The van der Waals surface area contributed by atoms with Crippen molar-refractivity contribution in [2.24, 2.45) is 5.92 Å². The number of ether oxygens (including phenoxy) is 1. The molecule has 1 unspecified atom stereocenters. The summed E-state index contributed by atoms with van der Waals surface area (Å²) in [4.78, 5) is 4.11. The van der Waals surface area contributed by atoms with Gasteiger partial charge < -0.3 is 9.26 Å². The van der Waals surface area contributed by atoms with Gasteiger partial charge in [0, 0.05) is 19.6 Å². The lowest BCUT2D eigenvalue weighted by Gasteiger charge is -2.00. The van der Waals surface area contributed by atoms with E-state index in [0.717, 1.165) is 26.1 Å². The molecule has 1 aliphatic rings. The Labute approximate surface area is 81.7 Å². The smallest absolute Gasteiger partial charge is 0.240 e. The van der Waals surface area contributed by atoms with Crippen LogP contribution in [0.2, 0.25) is 0 Å². The van der Waals surface area contributed by atoms with E-state index in [1.165, 1.54) is 0 Å². The Morgan fingerprint density at radius 1 is 1.57 bits per heavy atom. The van der Waals surface area contributed by atoms with Gasteiger partial charge in [0.05, 0.1) is 6.07 Å². The second kappa shape index (κ2) is 4.20. The van der Waals surface area contributed by atoms with E-state index in [1.807, 2.05) is 6.07 Å². The lowest BCUT2D eigenvalue weighted by Crippen LogP contribution is -2.04. The van der Waals surface area contributed by atoms with Gasteiger partial charge in [0.2, 0.25) is 5.89 Å². The molecular weight excluding hydrogens is 182 g/mol. The third-order valence-corrected chi connectivity index (χ3v) is 2.24. The van der Waals surface area contributed by atoms with Gasteiger partial charge in [0.25, 0.3) is 0 Å². The van der Waals surface area contributed by atoms with Gasteiger partial charge in [-0.15, -0.1) is 0 Å². The Morgan fingerprint density at radius 3 is 3.21 bits per heavy atom. The van der Waals surface area contributed by atoms with Crippen molar-refractivity contribution < 1.29 is 9.26 Å². The average Bonchev–Trinajstić information content (AvgIpc) is 2.79. The van der Waals surface area contributed by atoms with Crippen molar-refractivity contribution in [1.82, 2.24) is 10.1 Å². The molecular formula is C9H11N3O2. The monoisotopic (exact) mass is 193 g/mol. The van der Waals surface area contributed by atoms with Gasteiger partial charge in [-0.2, -0.15) is 10.2 Å². The molecule has 5 heteroatoms. The molecule has 0 aromatic carbocycles. The van der Waals surface area contributed by atoms with Crippen LogP contribution >= 0.6 is 0 Å². The Hall–Kier alpha value is -1.41. The zero-order valence-electron chi connectivity index (χ0n) is 7.77. The van der Waals surface area contributed by atoms with Gasteiger partial charge in [-0.05, 0) is 12.3 Å². The first-order valence-corrected chi connectivity index (χ1v) is 4.64. The van der Waals surface area contributed by atoms with Crippen molar-refractivity contribution >= 4 is 0 Å². The van der Waals surface area contributed by atoms with Gasteiger partial charge in [-0.25, -0.2) is 0 Å². The zero-order chi connectivity index (χ0) is 9.80. The van der Waals surface area contributed by atoms with E-state index in [0.29, 0.717) is 17.6 Å². The minimum Gasteiger partial charge on any atom is -0.381 e. The first-order chi connectivity index (χ1) is 6.88. The second-order valence-corrected chi connectivity index (χ2v) is 3.37. The maximum Gasteiger partial charge on any atom is 0.240 e. The van der Waals surface area contributed by atoms with E-state index in [1.54, 1.807) is 0 Å². The van der Waals surface area contributed by atoms with E-state index in [4.69, 9.17) is 14.5 Å². The van der Waals surface area contributed by atoms with Crippen LogP contribution in [0.5, 0.6) is 0 Å². The molecule has 0 amide bonds. The fourth-order valence-corrected chi connectivity index (χ4v) is 1.52. The molecule has 1 saturated heterocycles. The third-order valence-electron chi connectivity index (χ3n) is 2.24. The van der Waals surface area contributed by atoms with Gasteiger partial charge in [0.15, 0.2) is 5.82 Å². The van der Waals surface area contributed by atoms with E-state index < -0.39 is 0 Å². The zero-order valence-corrected chi connectivity index (χ0v) is 7.77. The summed E-state index contributed by atoms with van der Waals surface area (Å²) in [6.07, 6.45) is 2.03. The lowest BCUT2D eigenvalue weighted by atomic mass is 10.1. The van der Waals surface area contributed by atoms with Crippen LogP contribution in [-0.4, -0.2) is 23.4 Å². The first-order valence-electron chi connectivity index (χ1n) is 4.64. The quantitative estimate of drug-likeness (QED) is 0.707. The van der Waals surface area contributed by atoms with Crippen LogP contribution in [-0.2, 0) is 17.6 Å². The summed E-state index contributed by atoms with van der Waals surface area (Å²) >= 11 is 0. The molecule has 0 radical (unpaired) electrons. The Balaban J connectivity index is 1.92. The fourth-order valence-electron chi connectivity index (χ4n) is 1.52. The molecule has 2 rings (SSSR count). The van der Waals surface area contributed by atoms with Crippen LogP contribution in [0.3, 0.4) is 0 Å². The summed E-state index contributed by atoms with van der Waals surface area (Å²) in [6.45, 7) is 1.61. The minimum atomic E-state index is 0.189. The van der Waals surface area contributed by atoms with Crippen molar-refractivity contribution in [2.75, 3.05) is 13.2 Å². The van der Waals surface area contributed by atoms with Crippen LogP contribution in [0.25, 0.3) is 0 Å². The highest BCUT2D eigenvalue weighted by Gasteiger charge is 2.18. The van der Waals surface area contributed by atoms with Gasteiger partial charge in [0.1, 0.15) is 6.42 Å². The predicted octanol–water partition coefficient (Wildman–Crippen LogP) is 0.715. The molecule has 1 fully saturated rings. The highest BCUT2D eigenvalue weighted by molar-refractivity contribution is 4.94. The van der Waals surface area contributed by atoms with E-state index in [-0.39, 0.29) is 6.42 Å². The highest BCUT2D eigenvalue weighted by atomic mass is 16.5. The summed E-state index contributed by atoms with van der Waals surface area (Å²) in [6, 6.07) is 1.97. The standard InChI is InChI=1S/C9H11N3O2/c10-3-1-9-11-8(12-14-9)5-7-2-4-13-6-7/h7H,1-2,4-6H2. The predicted molar refractivity (Wildman–Crippen MR) is 46.2 cm³/mol. The molecule has 1 aromatic rings. The molecule has 1 aromatic heterocycles. The average molecular weight is 193 g/mol. The number of nitriles is 1. The summed E-state index contributed by atoms with van der Waals surface area (Å²) in [7, 11) is 0.